The summed E-state index contributed by atoms with van der Waals surface area (Å²) in [5.41, 5.74) is 0.737. The van der Waals surface area contributed by atoms with Gasteiger partial charge >= 0.3 is 12.3 Å². The maximum Gasteiger partial charge on any atom is 0.573 e. The number of fused-ring (bicyclic) bond motifs is 1. The zero-order valence-corrected chi connectivity index (χ0v) is 17.4. The molecule has 15 heteroatoms. The molecule has 0 saturated carbocycles. The number of benzene rings is 1. The zero-order chi connectivity index (χ0) is 23.8. The Morgan fingerprint density at radius 1 is 1.12 bits per heavy atom. The molecule has 33 heavy (non-hydrogen) atoms. The molecule has 1 N–H and O–H groups in total. The van der Waals surface area contributed by atoms with Crippen LogP contribution in [-0.4, -0.2) is 75.8 Å². The number of alkyl halides is 3. The van der Waals surface area contributed by atoms with Crippen LogP contribution in [0.2, 0.25) is 0 Å². The number of carboxylic acids is 1. The molecule has 1 aromatic carbocycles. The third-order valence-electron chi connectivity index (χ3n) is 4.81. The highest BCUT2D eigenvalue weighted by Crippen LogP contribution is 2.28. The van der Waals surface area contributed by atoms with E-state index in [2.05, 4.69) is 24.7 Å². The average Bonchev–Trinajstić information content (AvgIpc) is 2.77. The molecule has 174 valence electrons. The smallest absolute Gasteiger partial charge is 0.480 e. The number of aromatic nitrogens is 4. The minimum absolute atomic E-state index is 0.103. The van der Waals surface area contributed by atoms with Gasteiger partial charge in [-0.05, 0) is 24.3 Å². The van der Waals surface area contributed by atoms with Gasteiger partial charge in [0.05, 0.1) is 17.3 Å². The van der Waals surface area contributed by atoms with Crippen molar-refractivity contribution in [2.45, 2.75) is 17.3 Å². The van der Waals surface area contributed by atoms with Crippen molar-refractivity contribution < 1.29 is 36.2 Å². The summed E-state index contributed by atoms with van der Waals surface area (Å²) in [5.74, 6) is -1.66. The molecule has 3 heterocycles. The van der Waals surface area contributed by atoms with Crippen molar-refractivity contribution >= 4 is 33.0 Å². The lowest BCUT2D eigenvalue weighted by molar-refractivity contribution is -0.274. The zero-order valence-electron chi connectivity index (χ0n) is 16.5. The molecule has 1 saturated heterocycles. The van der Waals surface area contributed by atoms with Crippen LogP contribution in [0.25, 0.3) is 11.2 Å². The number of hydrogen-bond donors (Lipinski definition) is 1. The predicted octanol–water partition coefficient (Wildman–Crippen LogP) is 1.28. The highest BCUT2D eigenvalue weighted by Gasteiger charge is 2.41. The molecule has 2 aromatic heterocycles. The van der Waals surface area contributed by atoms with Gasteiger partial charge in [-0.2, -0.15) is 4.31 Å². The minimum Gasteiger partial charge on any atom is -0.480 e. The molecule has 4 rings (SSSR count). The van der Waals surface area contributed by atoms with Crippen LogP contribution in [0.5, 0.6) is 5.75 Å². The van der Waals surface area contributed by atoms with Gasteiger partial charge in [0.15, 0.2) is 5.65 Å². The number of carbonyl (C=O) groups is 1. The van der Waals surface area contributed by atoms with E-state index < -0.39 is 34.1 Å². The summed E-state index contributed by atoms with van der Waals surface area (Å²) in [6, 6.07) is 2.07. The Labute approximate surface area is 184 Å². The lowest BCUT2D eigenvalue weighted by Crippen LogP contribution is -2.58. The Balaban J connectivity index is 1.57. The van der Waals surface area contributed by atoms with Crippen molar-refractivity contribution in [1.29, 1.82) is 0 Å². The summed E-state index contributed by atoms with van der Waals surface area (Å²) in [5, 5.41) is 9.69. The normalized spacial score (nSPS) is 17.8. The van der Waals surface area contributed by atoms with Crippen LogP contribution in [0.1, 0.15) is 0 Å². The fourth-order valence-electron chi connectivity index (χ4n) is 3.33. The molecule has 1 aliphatic rings. The second-order valence-corrected chi connectivity index (χ2v) is 8.79. The Kier molecular flexibility index (Phi) is 5.75. The number of piperazine rings is 1. The third-order valence-corrected chi connectivity index (χ3v) is 6.74. The number of hydrogen-bond acceptors (Lipinski definition) is 9. The van der Waals surface area contributed by atoms with E-state index in [0.717, 1.165) is 28.6 Å². The number of carboxylic acid groups (broad SMARTS) is 1. The van der Waals surface area contributed by atoms with Crippen LogP contribution >= 0.6 is 0 Å². The first-order valence-corrected chi connectivity index (χ1v) is 10.8. The summed E-state index contributed by atoms with van der Waals surface area (Å²) in [6.45, 7) is -0.324. The van der Waals surface area contributed by atoms with Crippen LogP contribution in [0.4, 0.5) is 19.0 Å². The van der Waals surface area contributed by atoms with Crippen LogP contribution in [0.3, 0.4) is 0 Å². The molecule has 0 aliphatic carbocycles. The summed E-state index contributed by atoms with van der Waals surface area (Å²) < 4.78 is 67.6. The maximum absolute atomic E-state index is 13.1. The number of rotatable bonds is 5. The first-order chi connectivity index (χ1) is 15.5. The number of aliphatic carboxylic acids is 1. The van der Waals surface area contributed by atoms with E-state index in [1.165, 1.54) is 18.7 Å². The quantitative estimate of drug-likeness (QED) is 0.563. The minimum atomic E-state index is -4.93. The Bertz CT molecular complexity index is 1290. The Morgan fingerprint density at radius 2 is 1.85 bits per heavy atom. The molecule has 11 nitrogen and oxygen atoms in total. The van der Waals surface area contributed by atoms with Gasteiger partial charge in [-0.3, -0.25) is 4.79 Å². The van der Waals surface area contributed by atoms with E-state index in [4.69, 9.17) is 0 Å². The van der Waals surface area contributed by atoms with Crippen LogP contribution in [-0.2, 0) is 14.8 Å². The lowest BCUT2D eigenvalue weighted by Gasteiger charge is -2.38. The number of anilines is 1. The lowest BCUT2D eigenvalue weighted by atomic mass is 10.2. The highest BCUT2D eigenvalue weighted by atomic mass is 32.2. The molecule has 0 bridgehead atoms. The molecule has 0 amide bonds. The van der Waals surface area contributed by atoms with E-state index >= 15 is 0 Å². The monoisotopic (exact) mass is 484 g/mol. The third kappa shape index (κ3) is 4.78. The van der Waals surface area contributed by atoms with Gasteiger partial charge in [-0.25, -0.2) is 28.4 Å². The molecule has 1 aliphatic heterocycles. The maximum atomic E-state index is 13.1. The number of nitrogens with zero attached hydrogens (tertiary/aromatic N) is 6. The second kappa shape index (κ2) is 8.40. The average molecular weight is 484 g/mol. The van der Waals surface area contributed by atoms with E-state index in [1.54, 1.807) is 4.90 Å². The van der Waals surface area contributed by atoms with Gasteiger partial charge in [0, 0.05) is 19.6 Å². The van der Waals surface area contributed by atoms with Gasteiger partial charge < -0.3 is 14.7 Å². The van der Waals surface area contributed by atoms with E-state index in [0.29, 0.717) is 17.0 Å². The number of halogens is 3. The summed E-state index contributed by atoms with van der Waals surface area (Å²) in [6.07, 6.45) is -0.774. The van der Waals surface area contributed by atoms with Crippen molar-refractivity contribution in [1.82, 2.24) is 24.2 Å². The molecular formula is C18H15F3N6O5S. The van der Waals surface area contributed by atoms with Gasteiger partial charge in [0.1, 0.15) is 29.5 Å². The molecule has 0 spiro atoms. The fourth-order valence-corrected chi connectivity index (χ4v) is 4.89. The standard InChI is InChI=1S/C18H15F3N6O5S/c19-18(20,21)32-11-1-3-12(4-2-11)33(30,31)27-6-5-26(9-14(27)17(28)29)15-8-23-16-13(25-15)7-22-10-24-16/h1-4,7-8,10,14H,5-6,9H2,(H,28,29)/t14-/m1/s1. The van der Waals surface area contributed by atoms with E-state index in [9.17, 15) is 31.5 Å². The fraction of sp³-hybridized carbons (Fsp3) is 0.278. The molecule has 3 aromatic rings. The van der Waals surface area contributed by atoms with Crippen LogP contribution in [0.15, 0.2) is 47.9 Å². The molecule has 1 fully saturated rings. The number of ether oxygens (including phenoxy) is 1. The number of sulfonamides is 1. The van der Waals surface area contributed by atoms with Gasteiger partial charge in [-0.15, -0.1) is 13.2 Å². The largest absolute Gasteiger partial charge is 0.573 e. The van der Waals surface area contributed by atoms with Crippen molar-refractivity contribution in [2.24, 2.45) is 0 Å². The molecule has 1 atom stereocenters. The predicted molar refractivity (Wildman–Crippen MR) is 106 cm³/mol. The van der Waals surface area contributed by atoms with Gasteiger partial charge in [0.25, 0.3) is 0 Å². The highest BCUT2D eigenvalue weighted by molar-refractivity contribution is 7.89. The summed E-state index contributed by atoms with van der Waals surface area (Å²) >= 11 is 0. The second-order valence-electron chi connectivity index (χ2n) is 6.89. The first-order valence-electron chi connectivity index (χ1n) is 9.33. The summed E-state index contributed by atoms with van der Waals surface area (Å²) in [7, 11) is -4.32. The van der Waals surface area contributed by atoms with Crippen molar-refractivity contribution in [2.75, 3.05) is 24.5 Å². The van der Waals surface area contributed by atoms with Gasteiger partial charge in [0.2, 0.25) is 10.0 Å². The van der Waals surface area contributed by atoms with Crippen molar-refractivity contribution in [3.8, 4) is 5.75 Å². The SMILES string of the molecule is O=C(O)[C@H]1CN(c2cnc3ncncc3n2)CCN1S(=O)(=O)c1ccc(OC(F)(F)F)cc1. The topological polar surface area (TPSA) is 139 Å². The van der Waals surface area contributed by atoms with Crippen LogP contribution in [0, 0.1) is 0 Å². The Morgan fingerprint density at radius 3 is 2.52 bits per heavy atom. The Hall–Kier alpha value is -3.59. The van der Waals surface area contributed by atoms with Crippen molar-refractivity contribution in [3.05, 3.63) is 43.0 Å². The molecular weight excluding hydrogens is 469 g/mol. The van der Waals surface area contributed by atoms with E-state index in [-0.39, 0.29) is 24.5 Å². The van der Waals surface area contributed by atoms with Crippen LogP contribution < -0.4 is 9.64 Å². The summed E-state index contributed by atoms with van der Waals surface area (Å²) in [4.78, 5) is 29.4. The molecule has 0 radical (unpaired) electrons. The molecule has 0 unspecified atom stereocenters. The van der Waals surface area contributed by atoms with Gasteiger partial charge in [-0.1, -0.05) is 0 Å². The van der Waals surface area contributed by atoms with Crippen molar-refractivity contribution in [3.63, 3.8) is 0 Å². The first kappa shape index (κ1) is 22.6. The van der Waals surface area contributed by atoms with E-state index in [1.807, 2.05) is 0 Å².